The van der Waals surface area contributed by atoms with Crippen LogP contribution in [0.4, 0.5) is 14.5 Å². The van der Waals surface area contributed by atoms with E-state index in [1.165, 1.54) is 0 Å². The van der Waals surface area contributed by atoms with Gasteiger partial charge in [0.15, 0.2) is 11.6 Å². The minimum absolute atomic E-state index is 0.0196. The van der Waals surface area contributed by atoms with Crippen LogP contribution in [0.5, 0.6) is 0 Å². The Balaban J connectivity index is 2.14. The number of hydrogen-bond acceptors (Lipinski definition) is 3. The van der Waals surface area contributed by atoms with Gasteiger partial charge in [-0.05, 0) is 33.0 Å². The molecule has 1 saturated heterocycles. The summed E-state index contributed by atoms with van der Waals surface area (Å²) in [4.78, 5) is 4.10. The largest absolute Gasteiger partial charge is 0.369 e. The van der Waals surface area contributed by atoms with Crippen LogP contribution in [-0.4, -0.2) is 38.1 Å². The summed E-state index contributed by atoms with van der Waals surface area (Å²) >= 11 is 0. The SMILES string of the molecule is CN(C)C1CCN(c2ccc(CN)c(F)c2F)CC1. The van der Waals surface area contributed by atoms with Crippen LogP contribution in [0.3, 0.4) is 0 Å². The lowest BCUT2D eigenvalue weighted by molar-refractivity contribution is 0.249. The van der Waals surface area contributed by atoms with Crippen LogP contribution in [0.2, 0.25) is 0 Å². The van der Waals surface area contributed by atoms with Crippen molar-refractivity contribution in [1.82, 2.24) is 4.90 Å². The Morgan fingerprint density at radius 2 is 1.84 bits per heavy atom. The summed E-state index contributed by atoms with van der Waals surface area (Å²) in [6, 6.07) is 3.73. The first-order valence-corrected chi connectivity index (χ1v) is 6.63. The number of rotatable bonds is 3. The van der Waals surface area contributed by atoms with E-state index in [4.69, 9.17) is 5.73 Å². The molecule has 1 aliphatic rings. The highest BCUT2D eigenvalue weighted by Gasteiger charge is 2.24. The monoisotopic (exact) mass is 269 g/mol. The number of benzene rings is 1. The molecule has 3 nitrogen and oxygen atoms in total. The minimum atomic E-state index is -0.810. The Kier molecular flexibility index (Phi) is 4.37. The highest BCUT2D eigenvalue weighted by molar-refractivity contribution is 5.50. The Hall–Kier alpha value is -1.20. The van der Waals surface area contributed by atoms with Crippen molar-refractivity contribution in [3.05, 3.63) is 29.3 Å². The Bertz CT molecular complexity index is 441. The molecule has 1 aromatic carbocycles. The Labute approximate surface area is 113 Å². The quantitative estimate of drug-likeness (QED) is 0.910. The number of nitrogens with two attached hydrogens (primary N) is 1. The second-order valence-electron chi connectivity index (χ2n) is 5.26. The second kappa shape index (κ2) is 5.84. The fourth-order valence-corrected chi connectivity index (χ4v) is 2.60. The Morgan fingerprint density at radius 3 is 2.37 bits per heavy atom. The molecule has 0 aliphatic carbocycles. The van der Waals surface area contributed by atoms with Crippen LogP contribution < -0.4 is 10.6 Å². The maximum atomic E-state index is 14.0. The van der Waals surface area contributed by atoms with Crippen molar-refractivity contribution in [3.63, 3.8) is 0 Å². The standard InChI is InChI=1S/C14H21F2N3/c1-18(2)11-5-7-19(8-6-11)12-4-3-10(9-17)13(15)14(12)16/h3-4,11H,5-9,17H2,1-2H3. The summed E-state index contributed by atoms with van der Waals surface area (Å²) in [7, 11) is 4.10. The molecule has 0 saturated carbocycles. The van der Waals surface area contributed by atoms with Crippen molar-refractivity contribution in [2.24, 2.45) is 5.73 Å². The third-order valence-corrected chi connectivity index (χ3v) is 3.90. The van der Waals surface area contributed by atoms with Crippen molar-refractivity contribution in [2.75, 3.05) is 32.1 Å². The van der Waals surface area contributed by atoms with Gasteiger partial charge in [0.25, 0.3) is 0 Å². The molecule has 5 heteroatoms. The molecule has 1 fully saturated rings. The fraction of sp³-hybridized carbons (Fsp3) is 0.571. The molecule has 0 unspecified atom stereocenters. The average molecular weight is 269 g/mol. The predicted octanol–water partition coefficient (Wildman–Crippen LogP) is 1.95. The molecule has 0 radical (unpaired) electrons. The van der Waals surface area contributed by atoms with Crippen LogP contribution in [0.1, 0.15) is 18.4 Å². The van der Waals surface area contributed by atoms with Gasteiger partial charge in [0, 0.05) is 31.2 Å². The van der Waals surface area contributed by atoms with Crippen molar-refractivity contribution in [2.45, 2.75) is 25.4 Å². The van der Waals surface area contributed by atoms with Gasteiger partial charge in [-0.2, -0.15) is 0 Å². The molecule has 0 atom stereocenters. The van der Waals surface area contributed by atoms with E-state index >= 15 is 0 Å². The normalized spacial score (nSPS) is 17.3. The van der Waals surface area contributed by atoms with Gasteiger partial charge in [-0.25, -0.2) is 8.78 Å². The van der Waals surface area contributed by atoms with Crippen molar-refractivity contribution >= 4 is 5.69 Å². The van der Waals surface area contributed by atoms with Crippen molar-refractivity contribution < 1.29 is 8.78 Å². The van der Waals surface area contributed by atoms with Crippen LogP contribution in [0.15, 0.2) is 12.1 Å². The van der Waals surface area contributed by atoms with E-state index in [-0.39, 0.29) is 12.1 Å². The maximum absolute atomic E-state index is 14.0. The van der Waals surface area contributed by atoms with Gasteiger partial charge >= 0.3 is 0 Å². The summed E-state index contributed by atoms with van der Waals surface area (Å²) in [5.74, 6) is -1.58. The molecule has 19 heavy (non-hydrogen) atoms. The minimum Gasteiger partial charge on any atom is -0.369 e. The zero-order valence-electron chi connectivity index (χ0n) is 11.5. The van der Waals surface area contributed by atoms with Crippen LogP contribution in [0.25, 0.3) is 0 Å². The zero-order chi connectivity index (χ0) is 14.0. The van der Waals surface area contributed by atoms with Gasteiger partial charge in [0.2, 0.25) is 0 Å². The maximum Gasteiger partial charge on any atom is 0.182 e. The van der Waals surface area contributed by atoms with E-state index in [2.05, 4.69) is 19.0 Å². The first-order valence-electron chi connectivity index (χ1n) is 6.63. The lowest BCUT2D eigenvalue weighted by Crippen LogP contribution is -2.42. The number of anilines is 1. The summed E-state index contributed by atoms with van der Waals surface area (Å²) in [5, 5.41) is 0. The second-order valence-corrected chi connectivity index (χ2v) is 5.26. The number of halogens is 2. The fourth-order valence-electron chi connectivity index (χ4n) is 2.60. The molecule has 0 spiro atoms. The van der Waals surface area contributed by atoms with E-state index in [1.54, 1.807) is 12.1 Å². The smallest absolute Gasteiger partial charge is 0.182 e. The molecule has 0 aromatic heterocycles. The van der Waals surface area contributed by atoms with Gasteiger partial charge in [0.1, 0.15) is 0 Å². The van der Waals surface area contributed by atoms with E-state index in [0.717, 1.165) is 25.9 Å². The summed E-state index contributed by atoms with van der Waals surface area (Å²) in [5.41, 5.74) is 5.95. The lowest BCUT2D eigenvalue weighted by Gasteiger charge is -2.36. The molecular weight excluding hydrogens is 248 g/mol. The molecule has 1 aliphatic heterocycles. The predicted molar refractivity (Wildman–Crippen MR) is 73.2 cm³/mol. The highest BCUT2D eigenvalue weighted by atomic mass is 19.2. The van der Waals surface area contributed by atoms with E-state index < -0.39 is 11.6 Å². The van der Waals surface area contributed by atoms with E-state index in [1.807, 2.05) is 4.90 Å². The average Bonchev–Trinajstić information content (AvgIpc) is 2.42. The third-order valence-electron chi connectivity index (χ3n) is 3.90. The molecule has 2 N–H and O–H groups in total. The summed E-state index contributed by atoms with van der Waals surface area (Å²) in [6.45, 7) is 1.52. The van der Waals surface area contributed by atoms with Crippen LogP contribution in [-0.2, 0) is 6.54 Å². The molecule has 0 bridgehead atoms. The molecule has 0 amide bonds. The first kappa shape index (κ1) is 14.2. The highest BCUT2D eigenvalue weighted by Crippen LogP contribution is 2.27. The Morgan fingerprint density at radius 1 is 1.21 bits per heavy atom. The van der Waals surface area contributed by atoms with Gasteiger partial charge < -0.3 is 15.5 Å². The molecule has 1 aromatic rings. The summed E-state index contributed by atoms with van der Waals surface area (Å²) in [6.07, 6.45) is 1.93. The van der Waals surface area contributed by atoms with Gasteiger partial charge in [0.05, 0.1) is 5.69 Å². The van der Waals surface area contributed by atoms with E-state index in [9.17, 15) is 8.78 Å². The molecule has 1 heterocycles. The number of nitrogens with zero attached hydrogens (tertiary/aromatic N) is 2. The third kappa shape index (κ3) is 2.87. The molecular formula is C14H21F2N3. The van der Waals surface area contributed by atoms with E-state index in [0.29, 0.717) is 11.7 Å². The zero-order valence-corrected chi connectivity index (χ0v) is 11.5. The van der Waals surface area contributed by atoms with Crippen molar-refractivity contribution in [1.29, 1.82) is 0 Å². The number of hydrogen-bond donors (Lipinski definition) is 1. The van der Waals surface area contributed by atoms with Crippen LogP contribution >= 0.6 is 0 Å². The first-order chi connectivity index (χ1) is 9.04. The van der Waals surface area contributed by atoms with Gasteiger partial charge in [-0.3, -0.25) is 0 Å². The molecule has 2 rings (SSSR count). The molecule has 106 valence electrons. The summed E-state index contributed by atoms with van der Waals surface area (Å²) < 4.78 is 27.7. The van der Waals surface area contributed by atoms with Crippen molar-refractivity contribution in [3.8, 4) is 0 Å². The number of piperidine rings is 1. The van der Waals surface area contributed by atoms with Gasteiger partial charge in [-0.15, -0.1) is 0 Å². The topological polar surface area (TPSA) is 32.5 Å². The van der Waals surface area contributed by atoms with Crippen LogP contribution in [0, 0.1) is 11.6 Å². The van der Waals surface area contributed by atoms with Gasteiger partial charge in [-0.1, -0.05) is 6.07 Å². The lowest BCUT2D eigenvalue weighted by atomic mass is 10.0.